The molecule has 32 heavy (non-hydrogen) atoms. The standard InChI is InChI=1S/C23H30ClN3O3S2/c1-16-18(15-27-10-12-31-13-11-27)6-5-7-20(16)25-22(28)17-8-9-19(24)21(14-17)32(29,30)26-23(2,3)4/h5-9,14,26H,10-13,15H2,1-4H3,(H,25,28). The van der Waals surface area contributed by atoms with E-state index in [0.29, 0.717) is 5.69 Å². The van der Waals surface area contributed by atoms with Gasteiger partial charge in [0.15, 0.2) is 0 Å². The Kier molecular flexibility index (Phi) is 7.93. The molecule has 0 bridgehead atoms. The van der Waals surface area contributed by atoms with Crippen LogP contribution in [0.5, 0.6) is 0 Å². The van der Waals surface area contributed by atoms with E-state index < -0.39 is 15.6 Å². The second-order valence-corrected chi connectivity index (χ2v) is 12.2. The Labute approximate surface area is 200 Å². The van der Waals surface area contributed by atoms with Gasteiger partial charge in [0.05, 0.1) is 5.02 Å². The maximum atomic E-state index is 13.0. The first kappa shape index (κ1) is 25.1. The smallest absolute Gasteiger partial charge is 0.255 e. The molecule has 1 aliphatic rings. The van der Waals surface area contributed by atoms with Crippen LogP contribution in [0.3, 0.4) is 0 Å². The normalized spacial score (nSPS) is 15.5. The maximum Gasteiger partial charge on any atom is 0.255 e. The molecule has 6 nitrogen and oxygen atoms in total. The lowest BCUT2D eigenvalue weighted by Crippen LogP contribution is -2.40. The van der Waals surface area contributed by atoms with Crippen molar-refractivity contribution in [3.63, 3.8) is 0 Å². The van der Waals surface area contributed by atoms with Gasteiger partial charge in [-0.2, -0.15) is 11.8 Å². The van der Waals surface area contributed by atoms with E-state index in [9.17, 15) is 13.2 Å². The van der Waals surface area contributed by atoms with Crippen molar-refractivity contribution in [3.8, 4) is 0 Å². The van der Waals surface area contributed by atoms with Crippen LogP contribution in [0.25, 0.3) is 0 Å². The van der Waals surface area contributed by atoms with Crippen LogP contribution in [0.2, 0.25) is 5.02 Å². The van der Waals surface area contributed by atoms with Crippen LogP contribution in [-0.4, -0.2) is 49.4 Å². The zero-order valence-corrected chi connectivity index (χ0v) is 21.3. The zero-order valence-electron chi connectivity index (χ0n) is 18.9. The van der Waals surface area contributed by atoms with Crippen molar-refractivity contribution in [2.24, 2.45) is 0 Å². The summed E-state index contributed by atoms with van der Waals surface area (Å²) in [5.74, 6) is 1.89. The van der Waals surface area contributed by atoms with Gasteiger partial charge in [-0.05, 0) is 63.1 Å². The van der Waals surface area contributed by atoms with Gasteiger partial charge in [-0.25, -0.2) is 13.1 Å². The number of hydrogen-bond acceptors (Lipinski definition) is 5. The number of nitrogens with one attached hydrogen (secondary N) is 2. The average Bonchev–Trinajstić information content (AvgIpc) is 2.70. The van der Waals surface area contributed by atoms with E-state index in [1.807, 2.05) is 30.8 Å². The Morgan fingerprint density at radius 2 is 1.84 bits per heavy atom. The molecule has 1 fully saturated rings. The van der Waals surface area contributed by atoms with Gasteiger partial charge in [-0.15, -0.1) is 0 Å². The van der Waals surface area contributed by atoms with Gasteiger partial charge in [-0.3, -0.25) is 9.69 Å². The van der Waals surface area contributed by atoms with Gasteiger partial charge in [-0.1, -0.05) is 23.7 Å². The largest absolute Gasteiger partial charge is 0.322 e. The summed E-state index contributed by atoms with van der Waals surface area (Å²) < 4.78 is 28.1. The van der Waals surface area contributed by atoms with Crippen molar-refractivity contribution >= 4 is 45.0 Å². The second kappa shape index (κ2) is 10.1. The van der Waals surface area contributed by atoms with Crippen LogP contribution in [0.15, 0.2) is 41.3 Å². The molecule has 0 spiro atoms. The third-order valence-electron chi connectivity index (χ3n) is 5.12. The fourth-order valence-electron chi connectivity index (χ4n) is 3.49. The average molecular weight is 496 g/mol. The van der Waals surface area contributed by atoms with Crippen molar-refractivity contribution in [1.82, 2.24) is 9.62 Å². The summed E-state index contributed by atoms with van der Waals surface area (Å²) in [5.41, 5.74) is 2.44. The minimum atomic E-state index is -3.88. The van der Waals surface area contributed by atoms with E-state index in [0.717, 1.165) is 36.7 Å². The van der Waals surface area contributed by atoms with Crippen molar-refractivity contribution in [2.45, 2.75) is 44.7 Å². The predicted molar refractivity (Wildman–Crippen MR) is 133 cm³/mol. The molecule has 0 aromatic heterocycles. The molecule has 3 rings (SSSR count). The Morgan fingerprint density at radius 3 is 2.50 bits per heavy atom. The highest BCUT2D eigenvalue weighted by Crippen LogP contribution is 2.26. The number of benzene rings is 2. The summed E-state index contributed by atoms with van der Waals surface area (Å²) in [4.78, 5) is 15.3. The van der Waals surface area contributed by atoms with E-state index in [2.05, 4.69) is 21.0 Å². The number of carbonyl (C=O) groups is 1. The third kappa shape index (κ3) is 6.48. The highest BCUT2D eigenvalue weighted by atomic mass is 35.5. The molecule has 1 saturated heterocycles. The van der Waals surface area contributed by atoms with E-state index in [1.165, 1.54) is 23.8 Å². The highest BCUT2D eigenvalue weighted by Gasteiger charge is 2.25. The molecule has 1 aliphatic heterocycles. The number of anilines is 1. The number of rotatable bonds is 6. The SMILES string of the molecule is Cc1c(CN2CCSCC2)cccc1NC(=O)c1ccc(Cl)c(S(=O)(=O)NC(C)(C)C)c1. The van der Waals surface area contributed by atoms with E-state index in [1.54, 1.807) is 20.8 Å². The van der Waals surface area contributed by atoms with E-state index in [4.69, 9.17) is 11.6 Å². The Hall–Kier alpha value is -1.58. The van der Waals surface area contributed by atoms with Gasteiger partial charge in [0.2, 0.25) is 10.0 Å². The van der Waals surface area contributed by atoms with Gasteiger partial charge in [0.1, 0.15) is 4.90 Å². The first-order valence-electron chi connectivity index (χ1n) is 10.5. The molecule has 0 radical (unpaired) electrons. The van der Waals surface area contributed by atoms with Crippen LogP contribution in [0.1, 0.15) is 42.3 Å². The van der Waals surface area contributed by atoms with Crippen LogP contribution in [0, 0.1) is 6.92 Å². The lowest BCUT2D eigenvalue weighted by atomic mass is 10.1. The van der Waals surface area contributed by atoms with Crippen LogP contribution in [-0.2, 0) is 16.6 Å². The number of nitrogens with zero attached hydrogens (tertiary/aromatic N) is 1. The quantitative estimate of drug-likeness (QED) is 0.615. The van der Waals surface area contributed by atoms with Gasteiger partial charge >= 0.3 is 0 Å². The van der Waals surface area contributed by atoms with Gasteiger partial charge < -0.3 is 5.32 Å². The first-order chi connectivity index (χ1) is 15.0. The number of sulfonamides is 1. The fraction of sp³-hybridized carbons (Fsp3) is 0.435. The molecular formula is C23H30ClN3O3S2. The fourth-order valence-corrected chi connectivity index (χ4v) is 6.42. The molecular weight excluding hydrogens is 466 g/mol. The molecule has 2 aromatic rings. The number of hydrogen-bond donors (Lipinski definition) is 2. The summed E-state index contributed by atoms with van der Waals surface area (Å²) in [7, 11) is -3.88. The molecule has 0 saturated carbocycles. The lowest BCUT2D eigenvalue weighted by Gasteiger charge is -2.27. The van der Waals surface area contributed by atoms with Crippen molar-refractivity contribution in [2.75, 3.05) is 29.9 Å². The summed E-state index contributed by atoms with van der Waals surface area (Å²) in [6.07, 6.45) is 0. The summed E-state index contributed by atoms with van der Waals surface area (Å²) in [6, 6.07) is 10.1. The molecule has 2 aromatic carbocycles. The number of amides is 1. The van der Waals surface area contributed by atoms with Crippen molar-refractivity contribution in [3.05, 3.63) is 58.1 Å². The van der Waals surface area contributed by atoms with Gasteiger partial charge in [0.25, 0.3) is 5.91 Å². The Balaban J connectivity index is 1.81. The lowest BCUT2D eigenvalue weighted by molar-refractivity contribution is 0.102. The highest BCUT2D eigenvalue weighted by molar-refractivity contribution is 7.99. The number of carbonyl (C=O) groups excluding carboxylic acids is 1. The minimum absolute atomic E-state index is 0.0659. The zero-order chi connectivity index (χ0) is 23.5. The molecule has 174 valence electrons. The summed E-state index contributed by atoms with van der Waals surface area (Å²) in [6.45, 7) is 10.2. The molecule has 0 atom stereocenters. The third-order valence-corrected chi connectivity index (χ3v) is 8.30. The summed E-state index contributed by atoms with van der Waals surface area (Å²) >= 11 is 8.13. The predicted octanol–water partition coefficient (Wildman–Crippen LogP) is 4.53. The topological polar surface area (TPSA) is 78.5 Å². The minimum Gasteiger partial charge on any atom is -0.322 e. The van der Waals surface area contributed by atoms with Crippen LogP contribution >= 0.6 is 23.4 Å². The van der Waals surface area contributed by atoms with Crippen LogP contribution < -0.4 is 10.0 Å². The molecule has 9 heteroatoms. The molecule has 1 heterocycles. The Morgan fingerprint density at radius 1 is 1.16 bits per heavy atom. The molecule has 0 aliphatic carbocycles. The first-order valence-corrected chi connectivity index (χ1v) is 13.5. The molecule has 1 amide bonds. The van der Waals surface area contributed by atoms with E-state index in [-0.39, 0.29) is 21.4 Å². The van der Waals surface area contributed by atoms with Gasteiger partial charge in [0, 0.05) is 47.9 Å². The second-order valence-electron chi connectivity index (χ2n) is 8.93. The van der Waals surface area contributed by atoms with Crippen molar-refractivity contribution < 1.29 is 13.2 Å². The van der Waals surface area contributed by atoms with Crippen molar-refractivity contribution in [1.29, 1.82) is 0 Å². The number of halogens is 1. The maximum absolute atomic E-state index is 13.0. The molecule has 2 N–H and O–H groups in total. The Bertz CT molecular complexity index is 1090. The monoisotopic (exact) mass is 495 g/mol. The summed E-state index contributed by atoms with van der Waals surface area (Å²) in [5, 5.41) is 3.00. The molecule has 0 unspecified atom stereocenters. The number of thioether (sulfide) groups is 1. The van der Waals surface area contributed by atoms with E-state index >= 15 is 0 Å². The van der Waals surface area contributed by atoms with Crippen LogP contribution in [0.4, 0.5) is 5.69 Å².